The molecule has 0 bridgehead atoms. The van der Waals surface area contributed by atoms with Crippen LogP contribution in [0.1, 0.15) is 15.2 Å². The molecule has 128 valence electrons. The molecule has 0 spiro atoms. The Morgan fingerprint density at radius 1 is 1.36 bits per heavy atom. The van der Waals surface area contributed by atoms with E-state index >= 15 is 0 Å². The number of nitrogens with zero attached hydrogens (tertiary/aromatic N) is 4. The molecule has 1 aromatic carbocycles. The lowest BCUT2D eigenvalue weighted by atomic mass is 10.2. The molecular formula is C15H12BrN5O3S. The molecule has 8 nitrogen and oxygen atoms in total. The number of hydrogen-bond acceptors (Lipinski definition) is 7. The first-order valence-electron chi connectivity index (χ1n) is 7.08. The van der Waals surface area contributed by atoms with Gasteiger partial charge in [0.1, 0.15) is 11.2 Å². The molecule has 0 aliphatic rings. The maximum atomic E-state index is 12.2. The number of esters is 1. The molecule has 0 radical (unpaired) electrons. The molecule has 0 aliphatic carbocycles. The third kappa shape index (κ3) is 4.09. The van der Waals surface area contributed by atoms with Crippen LogP contribution in [0.25, 0.3) is 5.69 Å². The lowest BCUT2D eigenvalue weighted by molar-refractivity contribution is -0.119. The van der Waals surface area contributed by atoms with E-state index in [1.54, 1.807) is 17.5 Å². The van der Waals surface area contributed by atoms with Crippen molar-refractivity contribution in [1.82, 2.24) is 20.2 Å². The van der Waals surface area contributed by atoms with Crippen molar-refractivity contribution in [3.8, 4) is 5.69 Å². The lowest BCUT2D eigenvalue weighted by Gasteiger charge is -2.08. The highest BCUT2D eigenvalue weighted by molar-refractivity contribution is 9.10. The van der Waals surface area contributed by atoms with E-state index in [1.165, 1.54) is 22.3 Å². The molecule has 2 heterocycles. The second-order valence-electron chi connectivity index (χ2n) is 4.98. The van der Waals surface area contributed by atoms with Crippen molar-refractivity contribution >= 4 is 44.8 Å². The molecular weight excluding hydrogens is 410 g/mol. The highest BCUT2D eigenvalue weighted by Crippen LogP contribution is 2.21. The van der Waals surface area contributed by atoms with Crippen molar-refractivity contribution in [2.75, 3.05) is 11.9 Å². The number of tetrazole rings is 1. The van der Waals surface area contributed by atoms with Gasteiger partial charge in [-0.1, -0.05) is 15.9 Å². The summed E-state index contributed by atoms with van der Waals surface area (Å²) in [6.45, 7) is 1.53. The van der Waals surface area contributed by atoms with Gasteiger partial charge in [-0.15, -0.1) is 16.4 Å². The number of nitrogens with one attached hydrogen (secondary N) is 1. The summed E-state index contributed by atoms with van der Waals surface area (Å²) in [6.07, 6.45) is 1.38. The van der Waals surface area contributed by atoms with E-state index in [2.05, 4.69) is 36.8 Å². The van der Waals surface area contributed by atoms with Gasteiger partial charge in [-0.25, -0.2) is 4.79 Å². The van der Waals surface area contributed by atoms with Crippen LogP contribution < -0.4 is 5.32 Å². The summed E-state index contributed by atoms with van der Waals surface area (Å²) in [6, 6.07) is 7.11. The first-order chi connectivity index (χ1) is 12.0. The smallest absolute Gasteiger partial charge is 0.351 e. The fourth-order valence-corrected chi connectivity index (χ4v) is 3.04. The highest BCUT2D eigenvalue weighted by atomic mass is 79.9. The number of thiophene rings is 1. The molecule has 1 N–H and O–H groups in total. The van der Waals surface area contributed by atoms with Crippen LogP contribution in [-0.4, -0.2) is 38.7 Å². The molecule has 3 rings (SSSR count). The summed E-state index contributed by atoms with van der Waals surface area (Å²) >= 11 is 4.58. The van der Waals surface area contributed by atoms with Gasteiger partial charge in [0.05, 0.1) is 5.69 Å². The fraction of sp³-hybridized carbons (Fsp3) is 0.133. The minimum Gasteiger partial charge on any atom is -0.451 e. The Morgan fingerprint density at radius 3 is 2.92 bits per heavy atom. The minimum atomic E-state index is -0.609. The van der Waals surface area contributed by atoms with Crippen molar-refractivity contribution < 1.29 is 14.3 Å². The third-order valence-electron chi connectivity index (χ3n) is 3.20. The number of halogens is 1. The summed E-state index contributed by atoms with van der Waals surface area (Å²) in [5, 5.41) is 15.2. The first-order valence-corrected chi connectivity index (χ1v) is 8.76. The van der Waals surface area contributed by atoms with Crippen molar-refractivity contribution in [2.24, 2.45) is 0 Å². The van der Waals surface area contributed by atoms with Gasteiger partial charge in [0.25, 0.3) is 5.91 Å². The number of carbonyl (C=O) groups excluding carboxylic acids is 2. The van der Waals surface area contributed by atoms with E-state index < -0.39 is 11.9 Å². The van der Waals surface area contributed by atoms with Gasteiger partial charge in [0, 0.05) is 10.2 Å². The predicted octanol–water partition coefficient (Wildman–Crippen LogP) is 2.59. The maximum absolute atomic E-state index is 12.2. The van der Waals surface area contributed by atoms with Gasteiger partial charge in [-0.2, -0.15) is 4.68 Å². The van der Waals surface area contributed by atoms with Crippen LogP contribution in [0.5, 0.6) is 0 Å². The molecule has 0 atom stereocenters. The number of ether oxygens (including phenoxy) is 1. The van der Waals surface area contributed by atoms with Crippen LogP contribution >= 0.6 is 27.3 Å². The zero-order chi connectivity index (χ0) is 17.8. The van der Waals surface area contributed by atoms with Crippen LogP contribution in [0.3, 0.4) is 0 Å². The second-order valence-corrected chi connectivity index (χ2v) is 6.75. The Morgan fingerprint density at radius 2 is 2.20 bits per heavy atom. The summed E-state index contributed by atoms with van der Waals surface area (Å²) < 4.78 is 7.39. The Labute approximate surface area is 154 Å². The topological polar surface area (TPSA) is 99.0 Å². The third-order valence-corrected chi connectivity index (χ3v) is 4.98. The van der Waals surface area contributed by atoms with Crippen molar-refractivity contribution in [1.29, 1.82) is 0 Å². The van der Waals surface area contributed by atoms with E-state index in [0.717, 1.165) is 10.0 Å². The van der Waals surface area contributed by atoms with E-state index in [9.17, 15) is 9.59 Å². The summed E-state index contributed by atoms with van der Waals surface area (Å²) in [7, 11) is 0. The highest BCUT2D eigenvalue weighted by Gasteiger charge is 2.18. The van der Waals surface area contributed by atoms with Gasteiger partial charge in [-0.05, 0) is 52.6 Å². The Kier molecular flexibility index (Phi) is 5.19. The molecule has 2 aromatic heterocycles. The van der Waals surface area contributed by atoms with Gasteiger partial charge in [0.15, 0.2) is 6.61 Å². The average Bonchev–Trinajstić information content (AvgIpc) is 3.26. The van der Waals surface area contributed by atoms with Gasteiger partial charge in [0.2, 0.25) is 0 Å². The second kappa shape index (κ2) is 7.53. The van der Waals surface area contributed by atoms with Gasteiger partial charge < -0.3 is 10.1 Å². The summed E-state index contributed by atoms with van der Waals surface area (Å²) in [4.78, 5) is 24.5. The fourth-order valence-electron chi connectivity index (χ4n) is 2.02. The van der Waals surface area contributed by atoms with Gasteiger partial charge in [-0.3, -0.25) is 4.79 Å². The quantitative estimate of drug-likeness (QED) is 0.635. The number of carbonyl (C=O) groups is 2. The molecule has 0 unspecified atom stereocenters. The van der Waals surface area contributed by atoms with Crippen LogP contribution in [0.2, 0.25) is 0 Å². The lowest BCUT2D eigenvalue weighted by Crippen LogP contribution is -2.21. The number of rotatable bonds is 5. The SMILES string of the molecule is Cc1cc(NC(=O)COC(=O)c2sccc2-n2cnnn2)ccc1Br. The molecule has 3 aromatic rings. The Hall–Kier alpha value is -2.59. The molecule has 10 heteroatoms. The zero-order valence-electron chi connectivity index (χ0n) is 13.0. The molecule has 0 aliphatic heterocycles. The molecule has 0 fully saturated rings. The minimum absolute atomic E-state index is 0.319. The van der Waals surface area contributed by atoms with Crippen molar-refractivity contribution in [3.63, 3.8) is 0 Å². The largest absolute Gasteiger partial charge is 0.451 e. The average molecular weight is 422 g/mol. The number of amides is 1. The standard InChI is InChI=1S/C15H12BrN5O3S/c1-9-6-10(2-3-11(9)16)18-13(22)7-24-15(23)14-12(4-5-25-14)21-8-17-19-20-21/h2-6,8H,7H2,1H3,(H,18,22). The number of aryl methyl sites for hydroxylation is 1. The predicted molar refractivity (Wildman–Crippen MR) is 94.8 cm³/mol. The Bertz CT molecular complexity index is 910. The Balaban J connectivity index is 1.60. The van der Waals surface area contributed by atoms with Crippen molar-refractivity contribution in [3.05, 3.63) is 50.9 Å². The monoisotopic (exact) mass is 421 g/mol. The van der Waals surface area contributed by atoms with E-state index in [-0.39, 0.29) is 6.61 Å². The number of benzene rings is 1. The number of aromatic nitrogens is 4. The van der Waals surface area contributed by atoms with Crippen LogP contribution in [-0.2, 0) is 9.53 Å². The number of anilines is 1. The molecule has 25 heavy (non-hydrogen) atoms. The van der Waals surface area contributed by atoms with E-state index in [1.807, 2.05) is 19.1 Å². The summed E-state index contributed by atoms with van der Waals surface area (Å²) in [5.74, 6) is -1.03. The van der Waals surface area contributed by atoms with E-state index in [0.29, 0.717) is 16.3 Å². The molecule has 1 amide bonds. The summed E-state index contributed by atoms with van der Waals surface area (Å²) in [5.41, 5.74) is 2.12. The zero-order valence-corrected chi connectivity index (χ0v) is 15.4. The maximum Gasteiger partial charge on any atom is 0.351 e. The first kappa shape index (κ1) is 17.2. The normalized spacial score (nSPS) is 10.5. The molecule has 0 saturated carbocycles. The van der Waals surface area contributed by atoms with Crippen LogP contribution in [0.4, 0.5) is 5.69 Å². The van der Waals surface area contributed by atoms with Crippen LogP contribution in [0, 0.1) is 6.92 Å². The van der Waals surface area contributed by atoms with E-state index in [4.69, 9.17) is 4.74 Å². The van der Waals surface area contributed by atoms with Crippen LogP contribution in [0.15, 0.2) is 40.4 Å². The van der Waals surface area contributed by atoms with Crippen molar-refractivity contribution in [2.45, 2.75) is 6.92 Å². The van der Waals surface area contributed by atoms with Gasteiger partial charge >= 0.3 is 5.97 Å². The molecule has 0 saturated heterocycles. The number of hydrogen-bond donors (Lipinski definition) is 1.